The molecule has 2 heterocycles. The molecule has 0 saturated heterocycles. The Morgan fingerprint density at radius 3 is 2.82 bits per heavy atom. The number of H-pyrrole nitrogens is 1. The highest BCUT2D eigenvalue weighted by Gasteiger charge is 2.20. The Balaban J connectivity index is 1.76. The van der Waals surface area contributed by atoms with Crippen molar-refractivity contribution in [1.29, 1.82) is 0 Å². The van der Waals surface area contributed by atoms with Crippen LogP contribution in [0.25, 0.3) is 11.0 Å². The normalized spacial score (nSPS) is 12.2. The minimum atomic E-state index is -0.695. The maximum Gasteiger partial charge on any atom is 0.433 e. The highest BCUT2D eigenvalue weighted by molar-refractivity contribution is 5.92. The van der Waals surface area contributed by atoms with Gasteiger partial charge in [0.2, 0.25) is 0 Å². The van der Waals surface area contributed by atoms with Crippen molar-refractivity contribution < 1.29 is 14.1 Å². The van der Waals surface area contributed by atoms with Gasteiger partial charge in [0.1, 0.15) is 10.7 Å². The van der Waals surface area contributed by atoms with E-state index in [2.05, 4.69) is 15.3 Å². The molecule has 2 N–H and O–H groups in total. The van der Waals surface area contributed by atoms with E-state index < -0.39 is 22.8 Å². The van der Waals surface area contributed by atoms with Crippen LogP contribution in [-0.2, 0) is 0 Å². The molecule has 2 aromatic heterocycles. The van der Waals surface area contributed by atoms with Gasteiger partial charge >= 0.3 is 5.88 Å². The number of amides is 1. The van der Waals surface area contributed by atoms with E-state index >= 15 is 0 Å². The lowest BCUT2D eigenvalue weighted by Crippen LogP contribution is -2.26. The Morgan fingerprint density at radius 2 is 2.14 bits per heavy atom. The first-order chi connectivity index (χ1) is 10.5. The fourth-order valence-electron chi connectivity index (χ4n) is 2.06. The number of nitrogens with zero attached hydrogens (tertiary/aromatic N) is 2. The molecule has 1 atom stereocenters. The van der Waals surface area contributed by atoms with Crippen molar-refractivity contribution >= 4 is 22.8 Å². The van der Waals surface area contributed by atoms with Gasteiger partial charge in [-0.1, -0.05) is 12.1 Å². The van der Waals surface area contributed by atoms with Gasteiger partial charge in [0.05, 0.1) is 23.1 Å². The topological polar surface area (TPSA) is 114 Å². The average Bonchev–Trinajstić information content (AvgIpc) is 3.14. The molecule has 3 aromatic rings. The van der Waals surface area contributed by atoms with E-state index in [1.165, 1.54) is 6.07 Å². The van der Waals surface area contributed by atoms with Gasteiger partial charge in [-0.25, -0.2) is 4.98 Å². The minimum absolute atomic E-state index is 0.116. The number of hydrogen-bond donors (Lipinski definition) is 2. The molecule has 0 aliphatic carbocycles. The Labute approximate surface area is 124 Å². The summed E-state index contributed by atoms with van der Waals surface area (Å²) in [5.41, 5.74) is 1.67. The summed E-state index contributed by atoms with van der Waals surface area (Å²) in [5.74, 6) is -0.534. The monoisotopic (exact) mass is 300 g/mol. The van der Waals surface area contributed by atoms with Gasteiger partial charge in [0.25, 0.3) is 5.91 Å². The molecular formula is C14H12N4O4. The van der Waals surface area contributed by atoms with Gasteiger partial charge in [0.15, 0.2) is 5.76 Å². The number of rotatable bonds is 4. The van der Waals surface area contributed by atoms with Gasteiger partial charge in [-0.3, -0.25) is 14.9 Å². The summed E-state index contributed by atoms with van der Waals surface area (Å²) in [7, 11) is 0. The SMILES string of the molecule is C[C@H](NC(=O)c1ccc([N+](=O)[O-])o1)c1nc2ccccc2[nH]1. The molecule has 8 nitrogen and oxygen atoms in total. The van der Waals surface area contributed by atoms with E-state index in [0.717, 1.165) is 17.1 Å². The van der Waals surface area contributed by atoms with Gasteiger partial charge in [-0.15, -0.1) is 0 Å². The number of fused-ring (bicyclic) bond motifs is 1. The molecule has 0 saturated carbocycles. The number of nitro groups is 1. The highest BCUT2D eigenvalue weighted by atomic mass is 16.6. The molecule has 0 aliphatic rings. The first-order valence-electron chi connectivity index (χ1n) is 6.54. The number of nitrogens with one attached hydrogen (secondary N) is 2. The summed E-state index contributed by atoms with van der Waals surface area (Å²) < 4.78 is 4.86. The zero-order valence-corrected chi connectivity index (χ0v) is 11.6. The van der Waals surface area contributed by atoms with E-state index in [0.29, 0.717) is 5.82 Å². The van der Waals surface area contributed by atoms with E-state index in [9.17, 15) is 14.9 Å². The number of hydrogen-bond acceptors (Lipinski definition) is 5. The average molecular weight is 300 g/mol. The molecule has 1 aromatic carbocycles. The summed E-state index contributed by atoms with van der Waals surface area (Å²) in [5, 5.41) is 13.2. The van der Waals surface area contributed by atoms with Crippen LogP contribution in [0.5, 0.6) is 0 Å². The molecule has 0 spiro atoms. The largest absolute Gasteiger partial charge is 0.433 e. The fraction of sp³-hybridized carbons (Fsp3) is 0.143. The number of para-hydroxylation sites is 2. The predicted octanol–water partition coefficient (Wildman–Crippen LogP) is 2.56. The van der Waals surface area contributed by atoms with Crippen molar-refractivity contribution in [1.82, 2.24) is 15.3 Å². The molecule has 0 fully saturated rings. The molecule has 8 heteroatoms. The maximum atomic E-state index is 12.0. The molecule has 0 unspecified atom stereocenters. The first kappa shape index (κ1) is 13.8. The van der Waals surface area contributed by atoms with Crippen LogP contribution < -0.4 is 5.32 Å². The summed E-state index contributed by atoms with van der Waals surface area (Å²) in [6, 6.07) is 9.51. The van der Waals surface area contributed by atoms with Crippen LogP contribution in [-0.4, -0.2) is 20.8 Å². The molecular weight excluding hydrogens is 288 g/mol. The third-order valence-corrected chi connectivity index (χ3v) is 3.16. The number of imidazole rings is 1. The number of carbonyl (C=O) groups is 1. The Kier molecular flexibility index (Phi) is 3.34. The fourth-order valence-corrected chi connectivity index (χ4v) is 2.06. The van der Waals surface area contributed by atoms with Gasteiger partial charge < -0.3 is 14.7 Å². The van der Waals surface area contributed by atoms with Gasteiger partial charge in [0, 0.05) is 0 Å². The summed E-state index contributed by atoms with van der Waals surface area (Å²) in [6.07, 6.45) is 0. The van der Waals surface area contributed by atoms with Crippen LogP contribution >= 0.6 is 0 Å². The second-order valence-electron chi connectivity index (χ2n) is 4.73. The van der Waals surface area contributed by atoms with Crippen molar-refractivity contribution in [2.75, 3.05) is 0 Å². The molecule has 0 radical (unpaired) electrons. The van der Waals surface area contributed by atoms with E-state index in [1.807, 2.05) is 24.3 Å². The second-order valence-corrected chi connectivity index (χ2v) is 4.73. The van der Waals surface area contributed by atoms with Crippen molar-refractivity contribution in [2.24, 2.45) is 0 Å². The van der Waals surface area contributed by atoms with Gasteiger partial charge in [-0.2, -0.15) is 0 Å². The Morgan fingerprint density at radius 1 is 1.36 bits per heavy atom. The smallest absolute Gasteiger partial charge is 0.395 e. The summed E-state index contributed by atoms with van der Waals surface area (Å²) in [6.45, 7) is 1.76. The van der Waals surface area contributed by atoms with E-state index in [-0.39, 0.29) is 5.76 Å². The lowest BCUT2D eigenvalue weighted by Gasteiger charge is -2.09. The number of benzene rings is 1. The van der Waals surface area contributed by atoms with Crippen molar-refractivity contribution in [3.05, 3.63) is 58.1 Å². The van der Waals surface area contributed by atoms with Crippen LogP contribution in [0.1, 0.15) is 29.3 Å². The highest BCUT2D eigenvalue weighted by Crippen LogP contribution is 2.18. The van der Waals surface area contributed by atoms with Crippen molar-refractivity contribution in [3.8, 4) is 0 Å². The first-order valence-corrected chi connectivity index (χ1v) is 6.54. The zero-order valence-electron chi connectivity index (χ0n) is 11.6. The number of aromatic nitrogens is 2. The predicted molar refractivity (Wildman–Crippen MR) is 77.3 cm³/mol. The molecule has 112 valence electrons. The standard InChI is InChI=1S/C14H12N4O4/c1-8(13-16-9-4-2-3-5-10(9)17-13)15-14(19)11-6-7-12(22-11)18(20)21/h2-8H,1H3,(H,15,19)(H,16,17)/t8-/m0/s1. The molecule has 22 heavy (non-hydrogen) atoms. The van der Waals surface area contributed by atoms with Crippen LogP contribution in [0.15, 0.2) is 40.8 Å². The summed E-state index contributed by atoms with van der Waals surface area (Å²) >= 11 is 0. The number of carbonyl (C=O) groups excluding carboxylic acids is 1. The lowest BCUT2D eigenvalue weighted by molar-refractivity contribution is -0.402. The van der Waals surface area contributed by atoms with Crippen LogP contribution in [0, 0.1) is 10.1 Å². The van der Waals surface area contributed by atoms with Gasteiger partial charge in [-0.05, 0) is 25.1 Å². The van der Waals surface area contributed by atoms with Crippen LogP contribution in [0.2, 0.25) is 0 Å². The molecule has 0 aliphatic heterocycles. The Hall–Kier alpha value is -3.16. The third-order valence-electron chi connectivity index (χ3n) is 3.16. The quantitative estimate of drug-likeness (QED) is 0.567. The van der Waals surface area contributed by atoms with E-state index in [1.54, 1.807) is 6.92 Å². The number of furan rings is 1. The van der Waals surface area contributed by atoms with Crippen molar-refractivity contribution in [3.63, 3.8) is 0 Å². The summed E-state index contributed by atoms with van der Waals surface area (Å²) in [4.78, 5) is 29.4. The number of aromatic amines is 1. The van der Waals surface area contributed by atoms with Crippen LogP contribution in [0.4, 0.5) is 5.88 Å². The third kappa shape index (κ3) is 2.53. The van der Waals surface area contributed by atoms with E-state index in [4.69, 9.17) is 4.42 Å². The second kappa shape index (κ2) is 5.32. The zero-order chi connectivity index (χ0) is 15.7. The molecule has 3 rings (SSSR count). The minimum Gasteiger partial charge on any atom is -0.395 e. The molecule has 0 bridgehead atoms. The Bertz CT molecular complexity index is 818. The maximum absolute atomic E-state index is 12.0. The lowest BCUT2D eigenvalue weighted by atomic mass is 10.3. The van der Waals surface area contributed by atoms with Crippen molar-refractivity contribution in [2.45, 2.75) is 13.0 Å². The molecule has 1 amide bonds. The van der Waals surface area contributed by atoms with Crippen LogP contribution in [0.3, 0.4) is 0 Å².